The van der Waals surface area contributed by atoms with Gasteiger partial charge in [0.15, 0.2) is 0 Å². The standard InChI is InChI=1S/C6H13N3O/c7-2-1-4-3-6(4,9)5(8)10/h4H,1-3,7,9H2,(H2,8,10). The number of carbonyl (C=O) groups is 1. The molecule has 2 unspecified atom stereocenters. The number of nitrogens with two attached hydrogens (primary N) is 3. The van der Waals surface area contributed by atoms with Crippen molar-refractivity contribution in [3.8, 4) is 0 Å². The van der Waals surface area contributed by atoms with E-state index >= 15 is 0 Å². The number of hydrogen-bond acceptors (Lipinski definition) is 3. The van der Waals surface area contributed by atoms with Crippen molar-refractivity contribution < 1.29 is 4.79 Å². The minimum Gasteiger partial charge on any atom is -0.368 e. The van der Waals surface area contributed by atoms with Gasteiger partial charge >= 0.3 is 0 Å². The van der Waals surface area contributed by atoms with E-state index in [0.29, 0.717) is 13.0 Å². The summed E-state index contributed by atoms with van der Waals surface area (Å²) in [6, 6.07) is 0. The van der Waals surface area contributed by atoms with Crippen LogP contribution in [-0.4, -0.2) is 18.0 Å². The number of carbonyl (C=O) groups excluding carboxylic acids is 1. The van der Waals surface area contributed by atoms with Crippen molar-refractivity contribution in [3.63, 3.8) is 0 Å². The molecule has 0 radical (unpaired) electrons. The second kappa shape index (κ2) is 2.21. The van der Waals surface area contributed by atoms with Crippen molar-refractivity contribution in [2.24, 2.45) is 23.1 Å². The van der Waals surface area contributed by atoms with Gasteiger partial charge in [-0.1, -0.05) is 0 Å². The van der Waals surface area contributed by atoms with Gasteiger partial charge < -0.3 is 17.2 Å². The Labute approximate surface area is 59.7 Å². The first-order valence-electron chi connectivity index (χ1n) is 3.40. The highest BCUT2D eigenvalue weighted by molar-refractivity contribution is 5.88. The van der Waals surface area contributed by atoms with Crippen LogP contribution < -0.4 is 17.2 Å². The summed E-state index contributed by atoms with van der Waals surface area (Å²) < 4.78 is 0. The fourth-order valence-corrected chi connectivity index (χ4v) is 1.21. The van der Waals surface area contributed by atoms with Gasteiger partial charge in [0.1, 0.15) is 0 Å². The maximum atomic E-state index is 10.6. The van der Waals surface area contributed by atoms with Crippen LogP contribution in [0.2, 0.25) is 0 Å². The van der Waals surface area contributed by atoms with Crippen molar-refractivity contribution in [2.45, 2.75) is 18.4 Å². The summed E-state index contributed by atoms with van der Waals surface area (Å²) in [5, 5.41) is 0. The van der Waals surface area contributed by atoms with Crippen molar-refractivity contribution in [2.75, 3.05) is 6.54 Å². The molecule has 2 atom stereocenters. The Morgan fingerprint density at radius 2 is 2.30 bits per heavy atom. The molecule has 0 aliphatic heterocycles. The molecule has 0 aromatic rings. The molecular formula is C6H13N3O. The minimum atomic E-state index is -0.723. The summed E-state index contributed by atoms with van der Waals surface area (Å²) in [7, 11) is 0. The Hall–Kier alpha value is -0.610. The predicted octanol–water partition coefficient (Wildman–Crippen LogP) is -1.46. The molecule has 0 spiro atoms. The SMILES string of the molecule is NCCC1CC1(N)C(N)=O. The Morgan fingerprint density at radius 1 is 1.70 bits per heavy atom. The van der Waals surface area contributed by atoms with Crippen LogP contribution in [0.3, 0.4) is 0 Å². The van der Waals surface area contributed by atoms with Crippen LogP contribution in [0.25, 0.3) is 0 Å². The van der Waals surface area contributed by atoms with E-state index in [0.717, 1.165) is 6.42 Å². The second-order valence-electron chi connectivity index (χ2n) is 2.88. The van der Waals surface area contributed by atoms with Crippen LogP contribution in [0.15, 0.2) is 0 Å². The van der Waals surface area contributed by atoms with Gasteiger partial charge in [0.25, 0.3) is 0 Å². The highest BCUT2D eigenvalue weighted by Crippen LogP contribution is 2.42. The van der Waals surface area contributed by atoms with E-state index < -0.39 is 11.4 Å². The van der Waals surface area contributed by atoms with E-state index in [1.807, 2.05) is 0 Å². The second-order valence-corrected chi connectivity index (χ2v) is 2.88. The molecule has 1 fully saturated rings. The maximum Gasteiger partial charge on any atom is 0.237 e. The van der Waals surface area contributed by atoms with Crippen LogP contribution in [0.4, 0.5) is 0 Å². The van der Waals surface area contributed by atoms with Crippen LogP contribution in [-0.2, 0) is 4.79 Å². The molecule has 0 saturated heterocycles. The molecule has 0 aromatic carbocycles. The third kappa shape index (κ3) is 0.998. The first-order chi connectivity index (χ1) is 4.61. The zero-order valence-electron chi connectivity index (χ0n) is 5.84. The lowest BCUT2D eigenvalue weighted by Gasteiger charge is -2.03. The van der Waals surface area contributed by atoms with Gasteiger partial charge in [0, 0.05) is 0 Å². The largest absolute Gasteiger partial charge is 0.368 e. The molecule has 4 heteroatoms. The van der Waals surface area contributed by atoms with Crippen molar-refractivity contribution >= 4 is 5.91 Å². The summed E-state index contributed by atoms with van der Waals surface area (Å²) >= 11 is 0. The Bertz CT molecular complexity index is 159. The van der Waals surface area contributed by atoms with Gasteiger partial charge in [-0.3, -0.25) is 4.79 Å². The fraction of sp³-hybridized carbons (Fsp3) is 0.833. The summed E-state index contributed by atoms with van der Waals surface area (Å²) in [4.78, 5) is 10.6. The molecule has 1 rings (SSSR count). The highest BCUT2D eigenvalue weighted by Gasteiger charge is 2.55. The van der Waals surface area contributed by atoms with E-state index in [1.54, 1.807) is 0 Å². The first kappa shape index (κ1) is 7.50. The van der Waals surface area contributed by atoms with Gasteiger partial charge in [-0.2, -0.15) is 0 Å². The van der Waals surface area contributed by atoms with Gasteiger partial charge in [0.05, 0.1) is 5.54 Å². The number of rotatable bonds is 3. The third-order valence-corrected chi connectivity index (χ3v) is 2.13. The molecule has 1 saturated carbocycles. The quantitative estimate of drug-likeness (QED) is 0.450. The Kier molecular flexibility index (Phi) is 1.66. The lowest BCUT2D eigenvalue weighted by molar-refractivity contribution is -0.120. The summed E-state index contributed by atoms with van der Waals surface area (Å²) in [5.41, 5.74) is 15.2. The van der Waals surface area contributed by atoms with Crippen LogP contribution >= 0.6 is 0 Å². The van der Waals surface area contributed by atoms with Crippen LogP contribution in [0, 0.1) is 5.92 Å². The van der Waals surface area contributed by atoms with Crippen molar-refractivity contribution in [1.29, 1.82) is 0 Å². The van der Waals surface area contributed by atoms with Crippen molar-refractivity contribution in [1.82, 2.24) is 0 Å². The molecule has 58 valence electrons. The summed E-state index contributed by atoms with van der Waals surface area (Å²) in [6.45, 7) is 0.580. The lowest BCUT2D eigenvalue weighted by atomic mass is 10.1. The molecule has 0 bridgehead atoms. The van der Waals surface area contributed by atoms with E-state index in [9.17, 15) is 4.79 Å². The lowest BCUT2D eigenvalue weighted by Crippen LogP contribution is -2.41. The minimum absolute atomic E-state index is 0.231. The van der Waals surface area contributed by atoms with Gasteiger partial charge in [-0.05, 0) is 25.3 Å². The van der Waals surface area contributed by atoms with Gasteiger partial charge in [0.2, 0.25) is 5.91 Å². The zero-order chi connectivity index (χ0) is 7.78. The van der Waals surface area contributed by atoms with E-state index in [-0.39, 0.29) is 5.92 Å². The molecule has 4 nitrogen and oxygen atoms in total. The monoisotopic (exact) mass is 143 g/mol. The number of amides is 1. The molecule has 0 aromatic heterocycles. The summed E-state index contributed by atoms with van der Waals surface area (Å²) in [5.74, 6) is -0.166. The average Bonchev–Trinajstić information content (AvgIpc) is 2.45. The molecular weight excluding hydrogens is 130 g/mol. The van der Waals surface area contributed by atoms with E-state index in [2.05, 4.69) is 0 Å². The maximum absolute atomic E-state index is 10.6. The normalized spacial score (nSPS) is 37.6. The molecule has 1 aliphatic carbocycles. The number of hydrogen-bond donors (Lipinski definition) is 3. The average molecular weight is 143 g/mol. The molecule has 6 N–H and O–H groups in total. The fourth-order valence-electron chi connectivity index (χ4n) is 1.21. The molecule has 1 aliphatic rings. The topological polar surface area (TPSA) is 95.1 Å². The molecule has 0 heterocycles. The number of primary amides is 1. The Morgan fingerprint density at radius 3 is 2.60 bits per heavy atom. The third-order valence-electron chi connectivity index (χ3n) is 2.13. The smallest absolute Gasteiger partial charge is 0.237 e. The zero-order valence-corrected chi connectivity index (χ0v) is 5.84. The van der Waals surface area contributed by atoms with E-state index in [4.69, 9.17) is 17.2 Å². The predicted molar refractivity (Wildman–Crippen MR) is 37.9 cm³/mol. The Balaban J connectivity index is 2.40. The first-order valence-corrected chi connectivity index (χ1v) is 3.40. The van der Waals surface area contributed by atoms with Gasteiger partial charge in [-0.15, -0.1) is 0 Å². The van der Waals surface area contributed by atoms with Gasteiger partial charge in [-0.25, -0.2) is 0 Å². The van der Waals surface area contributed by atoms with Crippen LogP contribution in [0.1, 0.15) is 12.8 Å². The van der Waals surface area contributed by atoms with Crippen molar-refractivity contribution in [3.05, 3.63) is 0 Å². The molecule has 10 heavy (non-hydrogen) atoms. The van der Waals surface area contributed by atoms with Crippen LogP contribution in [0.5, 0.6) is 0 Å². The summed E-state index contributed by atoms with van der Waals surface area (Å²) in [6.07, 6.45) is 1.51. The highest BCUT2D eigenvalue weighted by atomic mass is 16.1. The van der Waals surface area contributed by atoms with E-state index in [1.165, 1.54) is 0 Å². The molecule has 1 amide bonds.